The summed E-state index contributed by atoms with van der Waals surface area (Å²) in [6, 6.07) is 9.74. The number of carbonyl (C=O) groups is 1. The number of amides is 1. The normalized spacial score (nSPS) is 25.9. The molecule has 132 valence electrons. The van der Waals surface area contributed by atoms with Crippen LogP contribution in [0.4, 0.5) is 0 Å². The maximum absolute atomic E-state index is 12.4. The molecule has 0 radical (unpaired) electrons. The number of benzene rings is 1. The molecule has 2 aliphatic heterocycles. The van der Waals surface area contributed by atoms with Crippen molar-refractivity contribution in [3.8, 4) is 0 Å². The van der Waals surface area contributed by atoms with E-state index in [0.29, 0.717) is 12.5 Å². The summed E-state index contributed by atoms with van der Waals surface area (Å²) in [4.78, 5) is 16.7. The van der Waals surface area contributed by atoms with Gasteiger partial charge in [-0.2, -0.15) is 0 Å². The fourth-order valence-corrected chi connectivity index (χ4v) is 3.79. The minimum atomic E-state index is -0.584. The van der Waals surface area contributed by atoms with Crippen LogP contribution in [0.25, 0.3) is 0 Å². The van der Waals surface area contributed by atoms with Crippen LogP contribution in [0, 0.1) is 0 Å². The second-order valence-electron chi connectivity index (χ2n) is 7.06. The van der Waals surface area contributed by atoms with E-state index in [1.165, 1.54) is 5.56 Å². The number of fused-ring (bicyclic) bond motifs is 2. The summed E-state index contributed by atoms with van der Waals surface area (Å²) in [7, 11) is 0. The Morgan fingerprint density at radius 1 is 1.36 bits per heavy atom. The zero-order valence-corrected chi connectivity index (χ0v) is 14.2. The van der Waals surface area contributed by atoms with Crippen molar-refractivity contribution in [1.29, 1.82) is 0 Å². The highest BCUT2D eigenvalue weighted by atomic mass is 16.5. The van der Waals surface area contributed by atoms with Gasteiger partial charge in [-0.1, -0.05) is 30.3 Å². The lowest BCUT2D eigenvalue weighted by Gasteiger charge is -2.21. The molecule has 1 amide bonds. The second-order valence-corrected chi connectivity index (χ2v) is 7.06. The van der Waals surface area contributed by atoms with Crippen molar-refractivity contribution >= 4 is 5.91 Å². The first-order valence-electron chi connectivity index (χ1n) is 8.93. The predicted octanol–water partition coefficient (Wildman–Crippen LogP) is 1.24. The topological polar surface area (TPSA) is 82.2 Å². The third-order valence-corrected chi connectivity index (χ3v) is 5.09. The number of carbonyl (C=O) groups excluding carboxylic acids is 1. The molecule has 4 rings (SSSR count). The molecule has 6 heteroatoms. The summed E-state index contributed by atoms with van der Waals surface area (Å²) in [5.41, 5.74) is 8.13. The monoisotopic (exact) mass is 340 g/mol. The Bertz CT molecular complexity index is 730. The number of ether oxygens (including phenoxy) is 1. The molecular weight excluding hydrogens is 316 g/mol. The van der Waals surface area contributed by atoms with Crippen LogP contribution in [-0.2, 0) is 22.5 Å². The molecule has 2 saturated heterocycles. The average Bonchev–Trinajstić information content (AvgIpc) is 3.33. The van der Waals surface area contributed by atoms with Gasteiger partial charge in [0.2, 0.25) is 5.91 Å². The Hall–Kier alpha value is -2.18. The number of hydrogen-bond acceptors (Lipinski definition) is 4. The minimum Gasteiger partial charge on any atom is -0.373 e. The fraction of sp³-hybridized carbons (Fsp3) is 0.474. The Balaban J connectivity index is 1.30. The lowest BCUT2D eigenvalue weighted by molar-refractivity contribution is -0.123. The Morgan fingerprint density at radius 2 is 2.20 bits per heavy atom. The number of nitrogens with two attached hydrogens (primary N) is 1. The summed E-state index contributed by atoms with van der Waals surface area (Å²) >= 11 is 0. The van der Waals surface area contributed by atoms with Crippen molar-refractivity contribution in [2.24, 2.45) is 5.73 Å². The van der Waals surface area contributed by atoms with E-state index in [2.05, 4.69) is 22.4 Å². The molecule has 1 aromatic heterocycles. The smallest absolute Gasteiger partial charge is 0.237 e. The minimum absolute atomic E-state index is 0.112. The highest BCUT2D eigenvalue weighted by Gasteiger charge is 2.41. The largest absolute Gasteiger partial charge is 0.373 e. The first kappa shape index (κ1) is 16.3. The van der Waals surface area contributed by atoms with Gasteiger partial charge < -0.3 is 20.4 Å². The number of rotatable bonds is 6. The molecule has 2 aliphatic rings. The lowest BCUT2D eigenvalue weighted by Crippen LogP contribution is -2.49. The van der Waals surface area contributed by atoms with Crippen molar-refractivity contribution in [2.45, 2.75) is 56.5 Å². The van der Waals surface area contributed by atoms with E-state index in [4.69, 9.17) is 10.5 Å². The van der Waals surface area contributed by atoms with Crippen molar-refractivity contribution in [2.75, 3.05) is 0 Å². The van der Waals surface area contributed by atoms with Gasteiger partial charge in [0.1, 0.15) is 0 Å². The van der Waals surface area contributed by atoms with Gasteiger partial charge in [-0.15, -0.1) is 0 Å². The molecule has 1 aromatic carbocycles. The van der Waals surface area contributed by atoms with Gasteiger partial charge in [0.15, 0.2) is 0 Å². The first-order chi connectivity index (χ1) is 12.2. The summed E-state index contributed by atoms with van der Waals surface area (Å²) in [6.45, 7) is 0.762. The van der Waals surface area contributed by atoms with Crippen LogP contribution in [0.5, 0.6) is 0 Å². The standard InChI is InChI=1S/C19H24N4O2/c20-16(19(24)22-17-9-15-6-7-18(17)25-15)8-14-11-23(12-21-14)10-13-4-2-1-3-5-13/h1-5,11-12,15-18H,6-10,20H2,(H,22,24)/t15-,16+,17-,18+/m1/s1. The quantitative estimate of drug-likeness (QED) is 0.829. The van der Waals surface area contributed by atoms with Crippen LogP contribution in [-0.4, -0.2) is 39.7 Å². The lowest BCUT2D eigenvalue weighted by atomic mass is 9.95. The Labute approximate surface area is 147 Å². The predicted molar refractivity (Wildman–Crippen MR) is 93.9 cm³/mol. The van der Waals surface area contributed by atoms with E-state index in [9.17, 15) is 4.79 Å². The molecule has 4 atom stereocenters. The molecule has 2 aromatic rings. The molecule has 0 spiro atoms. The molecule has 25 heavy (non-hydrogen) atoms. The molecule has 2 fully saturated rings. The first-order valence-corrected chi connectivity index (χ1v) is 8.93. The number of nitrogens with one attached hydrogen (secondary N) is 1. The van der Waals surface area contributed by atoms with Crippen LogP contribution >= 0.6 is 0 Å². The molecule has 3 N–H and O–H groups in total. The molecule has 0 aliphatic carbocycles. The summed E-state index contributed by atoms with van der Waals surface area (Å²) in [5, 5.41) is 3.05. The molecule has 3 heterocycles. The third-order valence-electron chi connectivity index (χ3n) is 5.09. The maximum atomic E-state index is 12.4. The van der Waals surface area contributed by atoms with Crippen LogP contribution in [0.2, 0.25) is 0 Å². The van der Waals surface area contributed by atoms with E-state index in [1.54, 1.807) is 6.33 Å². The maximum Gasteiger partial charge on any atom is 0.237 e. The molecule has 0 unspecified atom stereocenters. The zero-order chi connectivity index (χ0) is 17.2. The van der Waals surface area contributed by atoms with Crippen molar-refractivity contribution < 1.29 is 9.53 Å². The van der Waals surface area contributed by atoms with E-state index < -0.39 is 6.04 Å². The van der Waals surface area contributed by atoms with E-state index >= 15 is 0 Å². The van der Waals surface area contributed by atoms with Crippen LogP contribution in [0.3, 0.4) is 0 Å². The second kappa shape index (κ2) is 6.98. The number of hydrogen-bond donors (Lipinski definition) is 2. The summed E-state index contributed by atoms with van der Waals surface area (Å²) in [6.07, 6.45) is 7.74. The van der Waals surface area contributed by atoms with Gasteiger partial charge in [-0.25, -0.2) is 4.98 Å². The number of imidazole rings is 1. The van der Waals surface area contributed by atoms with Crippen molar-refractivity contribution in [3.05, 3.63) is 54.1 Å². The Morgan fingerprint density at radius 3 is 2.92 bits per heavy atom. The zero-order valence-electron chi connectivity index (χ0n) is 14.2. The van der Waals surface area contributed by atoms with Gasteiger partial charge >= 0.3 is 0 Å². The number of nitrogens with zero attached hydrogens (tertiary/aromatic N) is 2. The highest BCUT2D eigenvalue weighted by Crippen LogP contribution is 2.34. The fourth-order valence-electron chi connectivity index (χ4n) is 3.79. The molecular formula is C19H24N4O2. The van der Waals surface area contributed by atoms with Crippen molar-refractivity contribution in [1.82, 2.24) is 14.9 Å². The van der Waals surface area contributed by atoms with Crippen molar-refractivity contribution in [3.63, 3.8) is 0 Å². The van der Waals surface area contributed by atoms with Gasteiger partial charge in [0, 0.05) is 19.2 Å². The third kappa shape index (κ3) is 3.75. The van der Waals surface area contributed by atoms with E-state index in [0.717, 1.165) is 31.5 Å². The molecule has 2 bridgehead atoms. The van der Waals surface area contributed by atoms with Crippen LogP contribution < -0.4 is 11.1 Å². The van der Waals surface area contributed by atoms with Gasteiger partial charge in [-0.3, -0.25) is 4.79 Å². The summed E-state index contributed by atoms with van der Waals surface area (Å²) < 4.78 is 7.79. The average molecular weight is 340 g/mol. The van der Waals surface area contributed by atoms with Crippen LogP contribution in [0.15, 0.2) is 42.9 Å². The van der Waals surface area contributed by atoms with Gasteiger partial charge in [0.25, 0.3) is 0 Å². The SMILES string of the molecule is N[C@@H](Cc1cn(Cc2ccccc2)cn1)C(=O)N[C@@H]1C[C@H]2CC[C@@H]1O2. The van der Waals surface area contributed by atoms with E-state index in [1.807, 2.05) is 29.0 Å². The van der Waals surface area contributed by atoms with Gasteiger partial charge in [0.05, 0.1) is 36.3 Å². The Kier molecular flexibility index (Phi) is 4.55. The molecule has 6 nitrogen and oxygen atoms in total. The number of aromatic nitrogens is 2. The summed E-state index contributed by atoms with van der Waals surface area (Å²) in [5.74, 6) is -0.112. The molecule has 0 saturated carbocycles. The van der Waals surface area contributed by atoms with E-state index in [-0.39, 0.29) is 18.1 Å². The van der Waals surface area contributed by atoms with Gasteiger partial charge in [-0.05, 0) is 24.8 Å². The van der Waals surface area contributed by atoms with Crippen LogP contribution in [0.1, 0.15) is 30.5 Å². The highest BCUT2D eigenvalue weighted by molar-refractivity contribution is 5.82.